The monoisotopic (exact) mass is 402 g/mol. The van der Waals surface area contributed by atoms with E-state index in [0.717, 1.165) is 17.1 Å². The molecule has 3 aromatic carbocycles. The van der Waals surface area contributed by atoms with E-state index in [-0.39, 0.29) is 5.82 Å². The minimum absolute atomic E-state index is 0.316. The summed E-state index contributed by atoms with van der Waals surface area (Å²) in [6.07, 6.45) is 1.63. The molecule has 30 heavy (non-hydrogen) atoms. The lowest BCUT2D eigenvalue weighted by atomic mass is 10.1. The minimum atomic E-state index is -0.316. The third-order valence-corrected chi connectivity index (χ3v) is 4.70. The molecule has 4 aromatic rings. The zero-order chi connectivity index (χ0) is 20.8. The van der Waals surface area contributed by atoms with E-state index >= 15 is 0 Å². The molecular formula is C25H23FN2O2. The van der Waals surface area contributed by atoms with Gasteiger partial charge in [0.1, 0.15) is 17.8 Å². The van der Waals surface area contributed by atoms with Crippen molar-refractivity contribution in [2.75, 3.05) is 11.5 Å². The molecular weight excluding hydrogens is 379 g/mol. The van der Waals surface area contributed by atoms with Gasteiger partial charge in [0.05, 0.1) is 24.5 Å². The van der Waals surface area contributed by atoms with Gasteiger partial charge in [0.25, 0.3) is 0 Å². The van der Waals surface area contributed by atoms with E-state index in [9.17, 15) is 4.39 Å². The van der Waals surface area contributed by atoms with Gasteiger partial charge in [0.15, 0.2) is 0 Å². The molecule has 0 saturated heterocycles. The first kappa shape index (κ1) is 19.7. The maximum absolute atomic E-state index is 13.6. The van der Waals surface area contributed by atoms with Crippen molar-refractivity contribution in [2.24, 2.45) is 0 Å². The highest BCUT2D eigenvalue weighted by Gasteiger charge is 2.16. The Morgan fingerprint density at radius 2 is 1.73 bits per heavy atom. The van der Waals surface area contributed by atoms with Crippen LogP contribution in [0, 0.1) is 5.82 Å². The first-order valence-electron chi connectivity index (χ1n) is 9.94. The van der Waals surface area contributed by atoms with E-state index in [2.05, 4.69) is 22.0 Å². The van der Waals surface area contributed by atoms with Gasteiger partial charge in [-0.25, -0.2) is 9.37 Å². The number of benzene rings is 3. The van der Waals surface area contributed by atoms with Crippen molar-refractivity contribution >= 4 is 5.69 Å². The molecule has 1 aromatic heterocycles. The Bertz CT molecular complexity index is 1100. The van der Waals surface area contributed by atoms with Gasteiger partial charge in [-0.15, -0.1) is 0 Å². The van der Waals surface area contributed by atoms with Gasteiger partial charge in [0, 0.05) is 12.1 Å². The maximum atomic E-state index is 13.6. The highest BCUT2D eigenvalue weighted by molar-refractivity contribution is 5.59. The zero-order valence-corrected chi connectivity index (χ0v) is 16.8. The summed E-state index contributed by atoms with van der Waals surface area (Å²) >= 11 is 0. The molecule has 0 amide bonds. The summed E-state index contributed by atoms with van der Waals surface area (Å²) < 4.78 is 25.0. The molecule has 1 heterocycles. The van der Waals surface area contributed by atoms with Crippen molar-refractivity contribution in [3.63, 3.8) is 0 Å². The Labute approximate surface area is 175 Å². The van der Waals surface area contributed by atoms with Crippen molar-refractivity contribution in [2.45, 2.75) is 20.0 Å². The third kappa shape index (κ3) is 4.69. The molecule has 4 nitrogen and oxygen atoms in total. The SMILES string of the molecule is CCOc1ccccc1N(Cc1ccccc1)Cc1coc(-c2cccc(F)c2)n1. The van der Waals surface area contributed by atoms with Crippen molar-refractivity contribution in [1.82, 2.24) is 4.98 Å². The van der Waals surface area contributed by atoms with Crippen LogP contribution in [0.25, 0.3) is 11.5 Å². The van der Waals surface area contributed by atoms with E-state index in [1.54, 1.807) is 18.4 Å². The Morgan fingerprint density at radius 1 is 0.933 bits per heavy atom. The molecule has 0 aliphatic heterocycles. The molecule has 0 aliphatic rings. The molecule has 0 radical (unpaired) electrons. The fraction of sp³-hybridized carbons (Fsp3) is 0.160. The van der Waals surface area contributed by atoms with Gasteiger partial charge in [-0.3, -0.25) is 0 Å². The molecule has 0 atom stereocenters. The van der Waals surface area contributed by atoms with Crippen LogP contribution in [-0.4, -0.2) is 11.6 Å². The standard InChI is InChI=1S/C25H23FN2O2/c1-2-29-24-14-7-6-13-23(24)28(16-19-9-4-3-5-10-19)17-22-18-30-25(27-22)20-11-8-12-21(26)15-20/h3-15,18H,2,16-17H2,1H3. The van der Waals surface area contributed by atoms with E-state index in [0.29, 0.717) is 31.2 Å². The molecule has 0 fully saturated rings. The van der Waals surface area contributed by atoms with Crippen LogP contribution in [0.2, 0.25) is 0 Å². The lowest BCUT2D eigenvalue weighted by Crippen LogP contribution is -2.23. The van der Waals surface area contributed by atoms with Crippen LogP contribution >= 0.6 is 0 Å². The van der Waals surface area contributed by atoms with Crippen molar-refractivity contribution in [1.29, 1.82) is 0 Å². The highest BCUT2D eigenvalue weighted by Crippen LogP contribution is 2.31. The second-order valence-corrected chi connectivity index (χ2v) is 6.90. The summed E-state index contributed by atoms with van der Waals surface area (Å²) in [6, 6.07) is 24.5. The quantitative estimate of drug-likeness (QED) is 0.358. The predicted octanol–water partition coefficient (Wildman–Crippen LogP) is 6.09. The number of aromatic nitrogens is 1. The number of hydrogen-bond donors (Lipinski definition) is 0. The summed E-state index contributed by atoms with van der Waals surface area (Å²) in [7, 11) is 0. The molecule has 0 spiro atoms. The van der Waals surface area contributed by atoms with Gasteiger partial charge < -0.3 is 14.1 Å². The van der Waals surface area contributed by atoms with Gasteiger partial charge in [-0.1, -0.05) is 48.5 Å². The summed E-state index contributed by atoms with van der Waals surface area (Å²) in [6.45, 7) is 3.77. The molecule has 0 bridgehead atoms. The van der Waals surface area contributed by atoms with Crippen LogP contribution in [0.1, 0.15) is 18.2 Å². The third-order valence-electron chi connectivity index (χ3n) is 4.70. The van der Waals surface area contributed by atoms with E-state index in [1.807, 2.05) is 49.4 Å². The normalized spacial score (nSPS) is 10.7. The number of halogens is 1. The number of nitrogens with zero attached hydrogens (tertiary/aromatic N) is 2. The van der Waals surface area contributed by atoms with Crippen LogP contribution in [0.3, 0.4) is 0 Å². The Hall–Kier alpha value is -3.60. The van der Waals surface area contributed by atoms with Gasteiger partial charge >= 0.3 is 0 Å². The van der Waals surface area contributed by atoms with Gasteiger partial charge in [-0.2, -0.15) is 0 Å². The van der Waals surface area contributed by atoms with Gasteiger partial charge in [0.2, 0.25) is 5.89 Å². The van der Waals surface area contributed by atoms with Crippen molar-refractivity contribution in [3.8, 4) is 17.2 Å². The minimum Gasteiger partial charge on any atom is -0.492 e. The van der Waals surface area contributed by atoms with Crippen LogP contribution in [0.5, 0.6) is 5.75 Å². The number of rotatable bonds is 8. The van der Waals surface area contributed by atoms with Crippen molar-refractivity contribution in [3.05, 3.63) is 102 Å². The van der Waals surface area contributed by atoms with Crippen LogP contribution < -0.4 is 9.64 Å². The fourth-order valence-corrected chi connectivity index (χ4v) is 3.36. The topological polar surface area (TPSA) is 38.5 Å². The predicted molar refractivity (Wildman–Crippen MR) is 116 cm³/mol. The molecule has 0 saturated carbocycles. The molecule has 0 N–H and O–H groups in total. The molecule has 0 unspecified atom stereocenters. The summed E-state index contributed by atoms with van der Waals surface area (Å²) in [4.78, 5) is 6.79. The summed E-state index contributed by atoms with van der Waals surface area (Å²) in [5.74, 6) is 0.913. The Kier molecular flexibility index (Phi) is 6.09. The lowest BCUT2D eigenvalue weighted by Gasteiger charge is -2.26. The lowest BCUT2D eigenvalue weighted by molar-refractivity contribution is 0.340. The van der Waals surface area contributed by atoms with Crippen LogP contribution in [0.15, 0.2) is 89.5 Å². The van der Waals surface area contributed by atoms with E-state index < -0.39 is 0 Å². The smallest absolute Gasteiger partial charge is 0.226 e. The van der Waals surface area contributed by atoms with Crippen LogP contribution in [-0.2, 0) is 13.1 Å². The molecule has 5 heteroatoms. The second-order valence-electron chi connectivity index (χ2n) is 6.90. The summed E-state index contributed by atoms with van der Waals surface area (Å²) in [5.41, 5.74) is 3.54. The average Bonchev–Trinajstić information content (AvgIpc) is 3.23. The van der Waals surface area contributed by atoms with E-state index in [1.165, 1.54) is 17.7 Å². The summed E-state index contributed by atoms with van der Waals surface area (Å²) in [5, 5.41) is 0. The maximum Gasteiger partial charge on any atom is 0.226 e. The number of hydrogen-bond acceptors (Lipinski definition) is 4. The first-order chi connectivity index (χ1) is 14.7. The number of anilines is 1. The Balaban J connectivity index is 1.64. The van der Waals surface area contributed by atoms with Crippen molar-refractivity contribution < 1.29 is 13.5 Å². The number of para-hydroxylation sites is 2. The average molecular weight is 402 g/mol. The van der Waals surface area contributed by atoms with E-state index in [4.69, 9.17) is 9.15 Å². The molecule has 0 aliphatic carbocycles. The largest absolute Gasteiger partial charge is 0.492 e. The number of oxazole rings is 1. The molecule has 152 valence electrons. The van der Waals surface area contributed by atoms with Gasteiger partial charge in [-0.05, 0) is 42.8 Å². The van der Waals surface area contributed by atoms with Crippen LogP contribution in [0.4, 0.5) is 10.1 Å². The zero-order valence-electron chi connectivity index (χ0n) is 16.8. The Morgan fingerprint density at radius 3 is 2.53 bits per heavy atom. The molecule has 4 rings (SSSR count). The second kappa shape index (κ2) is 9.27. The first-order valence-corrected chi connectivity index (χ1v) is 9.94. The highest BCUT2D eigenvalue weighted by atomic mass is 19.1. The fourth-order valence-electron chi connectivity index (χ4n) is 3.36. The number of ether oxygens (including phenoxy) is 1.